The Balaban J connectivity index is 2.89. The number of esters is 2. The van der Waals surface area contributed by atoms with Gasteiger partial charge in [-0.1, -0.05) is 52.3 Å². The van der Waals surface area contributed by atoms with Crippen molar-refractivity contribution in [3.05, 3.63) is 33.1 Å². The Bertz CT molecular complexity index is 1170. The zero-order chi connectivity index (χ0) is 29.3. The average molecular weight is 571 g/mol. The number of alkyl halides is 1. The fourth-order valence-corrected chi connectivity index (χ4v) is 4.52. The first-order valence-electron chi connectivity index (χ1n) is 13.0. The van der Waals surface area contributed by atoms with Crippen molar-refractivity contribution in [1.82, 2.24) is 9.55 Å². The van der Waals surface area contributed by atoms with Crippen molar-refractivity contribution in [2.24, 2.45) is 0 Å². The smallest absolute Gasteiger partial charge is 0.419 e. The molecule has 0 saturated carbocycles. The van der Waals surface area contributed by atoms with Gasteiger partial charge in [0.25, 0.3) is 5.56 Å². The van der Waals surface area contributed by atoms with E-state index < -0.39 is 61.5 Å². The molecule has 0 bridgehead atoms. The van der Waals surface area contributed by atoms with Crippen LogP contribution in [0.4, 0.5) is 4.39 Å². The molecule has 1 aromatic heterocycles. The summed E-state index contributed by atoms with van der Waals surface area (Å²) in [6.07, 6.45) is 0.921. The molecule has 218 valence electrons. The summed E-state index contributed by atoms with van der Waals surface area (Å²) in [5, 5.41) is 0. The number of aromatic nitrogens is 2. The van der Waals surface area contributed by atoms with Gasteiger partial charge in [-0.3, -0.25) is 14.3 Å². The van der Waals surface area contributed by atoms with E-state index in [1.54, 1.807) is 0 Å². The summed E-state index contributed by atoms with van der Waals surface area (Å²) in [7, 11) is -1.22. The zero-order valence-electron chi connectivity index (χ0n) is 23.5. The summed E-state index contributed by atoms with van der Waals surface area (Å²) in [6, 6.07) is 1.06. The Labute approximate surface area is 228 Å². The van der Waals surface area contributed by atoms with Crippen LogP contribution in [0.5, 0.6) is 0 Å². The highest BCUT2D eigenvalue weighted by atomic mass is 28.3. The van der Waals surface area contributed by atoms with Crippen molar-refractivity contribution in [2.45, 2.75) is 82.7 Å². The molecule has 0 unspecified atom stereocenters. The summed E-state index contributed by atoms with van der Waals surface area (Å²) >= 11 is 0. The normalized spacial score (nSPS) is 24.6. The summed E-state index contributed by atoms with van der Waals surface area (Å²) in [6.45, 7) is 8.62. The second kappa shape index (κ2) is 14.0. The summed E-state index contributed by atoms with van der Waals surface area (Å²) < 4.78 is 44.5. The molecule has 0 aromatic carbocycles. The molecule has 13 heteroatoms. The van der Waals surface area contributed by atoms with Gasteiger partial charge in [-0.15, -0.1) is 5.54 Å². The van der Waals surface area contributed by atoms with Gasteiger partial charge in [0.1, 0.15) is 20.9 Å². The van der Waals surface area contributed by atoms with E-state index in [4.69, 9.17) is 18.9 Å². The van der Waals surface area contributed by atoms with Gasteiger partial charge >= 0.3 is 17.6 Å². The van der Waals surface area contributed by atoms with Crippen LogP contribution in [0.1, 0.15) is 45.8 Å². The van der Waals surface area contributed by atoms with E-state index in [-0.39, 0.29) is 13.2 Å². The van der Waals surface area contributed by atoms with Crippen LogP contribution < -0.4 is 11.2 Å². The number of H-pyrrole nitrogens is 1. The number of methoxy groups -OCH3 is 1. The lowest BCUT2D eigenvalue weighted by molar-refractivity contribution is -0.185. The number of unbranched alkanes of at least 4 members (excludes halogenated alkanes) is 2. The Morgan fingerprint density at radius 1 is 1.15 bits per heavy atom. The molecule has 1 aliphatic rings. The molecular weight excluding hydrogens is 531 g/mol. The first-order chi connectivity index (χ1) is 18.4. The fourth-order valence-electron chi connectivity index (χ4n) is 3.95. The van der Waals surface area contributed by atoms with Crippen LogP contribution in [0.15, 0.2) is 21.9 Å². The van der Waals surface area contributed by atoms with Crippen molar-refractivity contribution in [3.63, 3.8) is 0 Å². The van der Waals surface area contributed by atoms with E-state index in [2.05, 4.69) is 21.2 Å². The van der Waals surface area contributed by atoms with Gasteiger partial charge in [0, 0.05) is 25.5 Å². The number of aromatic amines is 1. The molecule has 0 spiro atoms. The second-order valence-corrected chi connectivity index (χ2v) is 15.1. The molecule has 0 amide bonds. The number of hydrogen-bond donors (Lipinski definition) is 1. The summed E-state index contributed by atoms with van der Waals surface area (Å²) in [4.78, 5) is 52.0. The van der Waals surface area contributed by atoms with Crippen molar-refractivity contribution < 1.29 is 37.7 Å². The Morgan fingerprint density at radius 2 is 1.82 bits per heavy atom. The lowest BCUT2D eigenvalue weighted by Gasteiger charge is -2.36. The van der Waals surface area contributed by atoms with Crippen LogP contribution in [0, 0.1) is 11.5 Å². The van der Waals surface area contributed by atoms with Crippen molar-refractivity contribution in [1.29, 1.82) is 0 Å². The molecule has 4 atom stereocenters. The van der Waals surface area contributed by atoms with Crippen molar-refractivity contribution >= 4 is 20.0 Å². The molecule has 0 aliphatic carbocycles. The molecular formula is C26H39FN2O9Si. The van der Waals surface area contributed by atoms with Crippen LogP contribution in [0.3, 0.4) is 0 Å². The molecule has 1 N–H and O–H groups in total. The maximum atomic E-state index is 15.2. The maximum absolute atomic E-state index is 15.2. The topological polar surface area (TPSA) is 135 Å². The average Bonchev–Trinajstić information content (AvgIpc) is 3.14. The molecule has 2 heterocycles. The first kappa shape index (κ1) is 32.4. The minimum atomic E-state index is -2.22. The standard InChI is InChI=1S/C26H39FN2O9Si/c1-7-9-14-35-18-25(17-27)22(36-15-10-8-2)26(12-16-39(4,5)6,37-21(32)20(31)34-3)23(38-25)29-13-11-19(30)28-24(29)33/h11,13,22-23H,7-10,14-15,17-18H2,1-6H3,(H,28,30,33)/t22-,23-,25-,26+/m1/s1. The van der Waals surface area contributed by atoms with Crippen LogP contribution >= 0.6 is 0 Å². The van der Waals surface area contributed by atoms with Crippen LogP contribution in [-0.4, -0.2) is 80.5 Å². The Hall–Kier alpha value is -2.79. The molecule has 2 rings (SSSR count). The van der Waals surface area contributed by atoms with Gasteiger partial charge < -0.3 is 23.7 Å². The van der Waals surface area contributed by atoms with E-state index in [0.717, 1.165) is 36.8 Å². The van der Waals surface area contributed by atoms with Gasteiger partial charge in [0.05, 0.1) is 13.7 Å². The van der Waals surface area contributed by atoms with Crippen molar-refractivity contribution in [3.8, 4) is 11.5 Å². The predicted octanol–water partition coefficient (Wildman–Crippen LogP) is 2.11. The van der Waals surface area contributed by atoms with Crippen LogP contribution in [0.25, 0.3) is 0 Å². The third kappa shape index (κ3) is 7.88. The van der Waals surface area contributed by atoms with E-state index in [0.29, 0.717) is 19.4 Å². The molecule has 1 fully saturated rings. The number of nitrogens with one attached hydrogen (secondary N) is 1. The number of carbonyl (C=O) groups is 2. The predicted molar refractivity (Wildman–Crippen MR) is 142 cm³/mol. The Kier molecular flexibility index (Phi) is 11.7. The minimum Gasteiger partial charge on any atom is -0.461 e. The van der Waals surface area contributed by atoms with Gasteiger partial charge in [-0.05, 0) is 12.8 Å². The van der Waals surface area contributed by atoms with E-state index in [9.17, 15) is 19.2 Å². The van der Waals surface area contributed by atoms with Gasteiger partial charge in [-0.2, -0.15) is 0 Å². The van der Waals surface area contributed by atoms with Gasteiger partial charge in [0.2, 0.25) is 5.60 Å². The highest BCUT2D eigenvalue weighted by molar-refractivity contribution is 6.83. The molecule has 39 heavy (non-hydrogen) atoms. The van der Waals surface area contributed by atoms with Gasteiger partial charge in [-0.25, -0.2) is 18.8 Å². The molecule has 11 nitrogen and oxygen atoms in total. The third-order valence-corrected chi connectivity index (χ3v) is 6.80. The molecule has 1 aromatic rings. The highest BCUT2D eigenvalue weighted by Crippen LogP contribution is 2.48. The highest BCUT2D eigenvalue weighted by Gasteiger charge is 2.69. The first-order valence-corrected chi connectivity index (χ1v) is 16.5. The number of halogens is 1. The summed E-state index contributed by atoms with van der Waals surface area (Å²) in [5.74, 6) is 0.176. The second-order valence-electron chi connectivity index (χ2n) is 10.4. The fraction of sp³-hybridized carbons (Fsp3) is 0.692. The monoisotopic (exact) mass is 570 g/mol. The summed E-state index contributed by atoms with van der Waals surface area (Å²) in [5.41, 5.74) is -2.58. The maximum Gasteiger partial charge on any atom is 0.419 e. The number of ether oxygens (including phenoxy) is 5. The number of nitrogens with zero attached hydrogens (tertiary/aromatic N) is 1. The quantitative estimate of drug-likeness (QED) is 0.132. The SMILES string of the molecule is CCCCOC[C@@]1(CF)O[C@@H](n2ccc(=O)[nH]c2=O)[C@@](C#C[Si](C)(C)C)(OC(=O)C(=O)OC)[C@@H]1OCCCC. The third-order valence-electron chi connectivity index (χ3n) is 5.93. The number of hydrogen-bond acceptors (Lipinski definition) is 9. The largest absolute Gasteiger partial charge is 0.461 e. The lowest BCUT2D eigenvalue weighted by Crippen LogP contribution is -2.58. The zero-order valence-corrected chi connectivity index (χ0v) is 24.5. The molecule has 1 aliphatic heterocycles. The van der Waals surface area contributed by atoms with Crippen LogP contribution in [-0.2, 0) is 33.3 Å². The minimum absolute atomic E-state index is 0.112. The van der Waals surface area contributed by atoms with Gasteiger partial charge in [0.15, 0.2) is 11.8 Å². The molecule has 1 saturated heterocycles. The van der Waals surface area contributed by atoms with E-state index >= 15 is 4.39 Å². The van der Waals surface area contributed by atoms with Crippen LogP contribution in [0.2, 0.25) is 19.6 Å². The Morgan fingerprint density at radius 3 is 2.38 bits per heavy atom. The molecule has 0 radical (unpaired) electrons. The number of carbonyl (C=O) groups excluding carboxylic acids is 2. The lowest BCUT2D eigenvalue weighted by atomic mass is 9.86. The van der Waals surface area contributed by atoms with Crippen molar-refractivity contribution in [2.75, 3.05) is 33.6 Å². The van der Waals surface area contributed by atoms with E-state index in [1.165, 1.54) is 0 Å². The number of rotatable bonds is 12. The van der Waals surface area contributed by atoms with E-state index in [1.807, 2.05) is 33.5 Å².